The molecule has 0 aliphatic carbocycles. The van der Waals surface area contributed by atoms with Crippen LogP contribution in [0.5, 0.6) is 5.75 Å². The molecule has 186 valence electrons. The molecule has 0 bridgehead atoms. The van der Waals surface area contributed by atoms with Crippen LogP contribution in [-0.4, -0.2) is 53.8 Å². The quantitative estimate of drug-likeness (QED) is 0.426. The molecule has 0 unspecified atom stereocenters. The van der Waals surface area contributed by atoms with Gasteiger partial charge in [0.2, 0.25) is 10.0 Å². The number of carboxylic acid groups (broad SMARTS) is 1. The second-order valence-corrected chi connectivity index (χ2v) is 10.9. The zero-order chi connectivity index (χ0) is 26.1. The van der Waals surface area contributed by atoms with Crippen molar-refractivity contribution in [2.75, 3.05) is 23.4 Å². The lowest BCUT2D eigenvalue weighted by molar-refractivity contribution is 0.0690. The van der Waals surface area contributed by atoms with E-state index in [0.29, 0.717) is 0 Å². The minimum absolute atomic E-state index is 0.133. The Morgan fingerprint density at radius 1 is 1.14 bits per heavy atom. The number of carbonyl (C=O) groups excluding carboxylic acids is 1. The summed E-state index contributed by atoms with van der Waals surface area (Å²) in [6, 6.07) is 7.73. The Balaban J connectivity index is 2.04. The van der Waals surface area contributed by atoms with Crippen molar-refractivity contribution in [1.82, 2.24) is 15.0 Å². The zero-order valence-electron chi connectivity index (χ0n) is 19.6. The Morgan fingerprint density at radius 2 is 1.80 bits per heavy atom. The van der Waals surface area contributed by atoms with Crippen LogP contribution >= 0.6 is 11.6 Å². The number of ether oxygens (including phenoxy) is 1. The Labute approximate surface area is 207 Å². The monoisotopic (exact) mass is 521 g/mol. The first-order chi connectivity index (χ1) is 16.2. The van der Waals surface area contributed by atoms with Crippen molar-refractivity contribution in [3.8, 4) is 11.4 Å². The lowest BCUT2D eigenvalue weighted by atomic mass is 9.86. The van der Waals surface area contributed by atoms with E-state index >= 15 is 0 Å². The van der Waals surface area contributed by atoms with E-state index in [-0.39, 0.29) is 44.5 Å². The van der Waals surface area contributed by atoms with E-state index in [1.807, 2.05) is 20.8 Å². The zero-order valence-corrected chi connectivity index (χ0v) is 21.2. The van der Waals surface area contributed by atoms with Crippen LogP contribution in [0.15, 0.2) is 36.5 Å². The molecule has 1 aromatic heterocycles. The number of carbonyl (C=O) groups is 2. The van der Waals surface area contributed by atoms with Gasteiger partial charge in [0.15, 0.2) is 11.4 Å². The number of nitrogens with zero attached hydrogens (tertiary/aromatic N) is 3. The predicted molar refractivity (Wildman–Crippen MR) is 131 cm³/mol. The maximum absolute atomic E-state index is 13.2. The summed E-state index contributed by atoms with van der Waals surface area (Å²) < 4.78 is 32.8. The van der Waals surface area contributed by atoms with Gasteiger partial charge >= 0.3 is 5.97 Å². The van der Waals surface area contributed by atoms with Gasteiger partial charge < -0.3 is 15.2 Å². The number of hydrogen-bond acceptors (Lipinski definition) is 7. The summed E-state index contributed by atoms with van der Waals surface area (Å²) in [5.41, 5.74) is 0.944. The number of benzene rings is 2. The van der Waals surface area contributed by atoms with Crippen LogP contribution in [0.25, 0.3) is 5.69 Å². The molecule has 11 nitrogen and oxygen atoms in total. The first kappa shape index (κ1) is 26.0. The van der Waals surface area contributed by atoms with Crippen molar-refractivity contribution in [3.63, 3.8) is 0 Å². The molecular weight excluding hydrogens is 498 g/mol. The van der Waals surface area contributed by atoms with Crippen molar-refractivity contribution in [2.24, 2.45) is 0 Å². The Kier molecular flexibility index (Phi) is 7.08. The third-order valence-electron chi connectivity index (χ3n) is 4.87. The largest absolute Gasteiger partial charge is 0.492 e. The van der Waals surface area contributed by atoms with Gasteiger partial charge in [-0.15, -0.1) is 5.10 Å². The van der Waals surface area contributed by atoms with Gasteiger partial charge in [-0.25, -0.2) is 17.9 Å². The molecule has 0 radical (unpaired) electrons. The van der Waals surface area contributed by atoms with Crippen LogP contribution in [0.2, 0.25) is 5.02 Å². The number of anilines is 2. The second-order valence-electron chi connectivity index (χ2n) is 8.70. The Bertz CT molecular complexity index is 1410. The van der Waals surface area contributed by atoms with Gasteiger partial charge in [0.05, 0.1) is 41.6 Å². The van der Waals surface area contributed by atoms with Crippen molar-refractivity contribution in [2.45, 2.75) is 26.2 Å². The third-order valence-corrected chi connectivity index (χ3v) is 5.78. The van der Waals surface area contributed by atoms with Gasteiger partial charge in [-0.2, -0.15) is 0 Å². The summed E-state index contributed by atoms with van der Waals surface area (Å²) in [6.45, 7) is 5.83. The standard InChI is InChI=1S/C22H24ClN5O6S/c1-22(2,3)13-9-15(19(34-4)16(10-13)26-35(5,32)33)24-20(29)12-6-7-14(23)18(8-12)28-11-17(21(30)31)25-27-28/h6-11,26H,1-5H3,(H,24,29)(H,30,31). The second kappa shape index (κ2) is 9.55. The fourth-order valence-corrected chi connectivity index (χ4v) is 3.91. The molecule has 0 atom stereocenters. The van der Waals surface area contributed by atoms with Crippen molar-refractivity contribution >= 4 is 44.9 Å². The Morgan fingerprint density at radius 3 is 2.34 bits per heavy atom. The highest BCUT2D eigenvalue weighted by Crippen LogP contribution is 2.39. The molecule has 2 aromatic carbocycles. The van der Waals surface area contributed by atoms with Crippen molar-refractivity contribution in [1.29, 1.82) is 0 Å². The molecule has 3 rings (SSSR count). The van der Waals surface area contributed by atoms with Crippen LogP contribution in [0.1, 0.15) is 47.2 Å². The molecule has 0 aliphatic heterocycles. The molecule has 0 spiro atoms. The number of rotatable bonds is 7. The van der Waals surface area contributed by atoms with Crippen molar-refractivity contribution < 1.29 is 27.9 Å². The first-order valence-electron chi connectivity index (χ1n) is 10.2. The van der Waals surface area contributed by atoms with Gasteiger partial charge in [0.25, 0.3) is 5.91 Å². The van der Waals surface area contributed by atoms with Gasteiger partial charge in [0, 0.05) is 5.56 Å². The number of sulfonamides is 1. The number of aromatic nitrogens is 3. The van der Waals surface area contributed by atoms with E-state index in [9.17, 15) is 18.0 Å². The molecule has 35 heavy (non-hydrogen) atoms. The maximum atomic E-state index is 13.2. The predicted octanol–water partition coefficient (Wildman–Crippen LogP) is 3.55. The van der Waals surface area contributed by atoms with E-state index in [1.54, 1.807) is 12.1 Å². The summed E-state index contributed by atoms with van der Waals surface area (Å²) >= 11 is 6.23. The number of carboxylic acids is 1. The number of hydrogen-bond donors (Lipinski definition) is 3. The summed E-state index contributed by atoms with van der Waals surface area (Å²) in [7, 11) is -2.27. The maximum Gasteiger partial charge on any atom is 0.358 e. The highest BCUT2D eigenvalue weighted by Gasteiger charge is 2.23. The summed E-state index contributed by atoms with van der Waals surface area (Å²) in [6.07, 6.45) is 2.19. The van der Waals surface area contributed by atoms with E-state index in [0.717, 1.165) is 16.5 Å². The lowest BCUT2D eigenvalue weighted by Crippen LogP contribution is -2.18. The summed E-state index contributed by atoms with van der Waals surface area (Å²) in [5, 5.41) is 19.4. The van der Waals surface area contributed by atoms with Crippen LogP contribution in [0.4, 0.5) is 11.4 Å². The van der Waals surface area contributed by atoms with Gasteiger partial charge in [0.1, 0.15) is 0 Å². The molecule has 1 amide bonds. The fourth-order valence-electron chi connectivity index (χ4n) is 3.15. The summed E-state index contributed by atoms with van der Waals surface area (Å²) in [4.78, 5) is 24.3. The Hall–Kier alpha value is -3.64. The molecule has 13 heteroatoms. The van der Waals surface area contributed by atoms with Crippen LogP contribution < -0.4 is 14.8 Å². The number of nitrogens with one attached hydrogen (secondary N) is 2. The number of methoxy groups -OCH3 is 1. The first-order valence-corrected chi connectivity index (χ1v) is 12.4. The average Bonchev–Trinajstić information content (AvgIpc) is 3.22. The molecule has 1 heterocycles. The van der Waals surface area contributed by atoms with E-state index in [2.05, 4.69) is 20.4 Å². The SMILES string of the molecule is COc1c(NC(=O)c2ccc(Cl)c(-n3cc(C(=O)O)nn3)c2)cc(C(C)(C)C)cc1NS(C)(=O)=O. The van der Waals surface area contributed by atoms with E-state index in [4.69, 9.17) is 21.4 Å². The third kappa shape index (κ3) is 6.08. The van der Waals surface area contributed by atoms with Gasteiger partial charge in [-0.1, -0.05) is 37.6 Å². The molecule has 3 N–H and O–H groups in total. The lowest BCUT2D eigenvalue weighted by Gasteiger charge is -2.24. The number of halogens is 1. The average molecular weight is 522 g/mol. The summed E-state index contributed by atoms with van der Waals surface area (Å²) in [5.74, 6) is -1.67. The molecule has 0 saturated carbocycles. The minimum atomic E-state index is -3.63. The van der Waals surface area contributed by atoms with Gasteiger partial charge in [-0.05, 0) is 41.3 Å². The highest BCUT2D eigenvalue weighted by molar-refractivity contribution is 7.92. The number of aromatic carboxylic acids is 1. The van der Waals surface area contributed by atoms with Crippen LogP contribution in [0.3, 0.4) is 0 Å². The topological polar surface area (TPSA) is 153 Å². The van der Waals surface area contributed by atoms with E-state index in [1.165, 1.54) is 31.5 Å². The van der Waals surface area contributed by atoms with Crippen molar-refractivity contribution in [3.05, 3.63) is 58.4 Å². The molecule has 0 saturated heterocycles. The molecule has 0 aliphatic rings. The van der Waals surface area contributed by atoms with Crippen LogP contribution in [-0.2, 0) is 15.4 Å². The normalized spacial score (nSPS) is 11.7. The number of amides is 1. The van der Waals surface area contributed by atoms with E-state index < -0.39 is 21.9 Å². The molecular formula is C22H24ClN5O6S. The van der Waals surface area contributed by atoms with Gasteiger partial charge in [-0.3, -0.25) is 9.52 Å². The molecule has 3 aromatic rings. The molecule has 0 fully saturated rings. The van der Waals surface area contributed by atoms with Crippen LogP contribution in [0, 0.1) is 0 Å². The highest BCUT2D eigenvalue weighted by atomic mass is 35.5. The minimum Gasteiger partial charge on any atom is -0.492 e. The smallest absolute Gasteiger partial charge is 0.358 e. The fraction of sp³-hybridized carbons (Fsp3) is 0.273.